The van der Waals surface area contributed by atoms with E-state index < -0.39 is 0 Å². The molecule has 2 nitrogen and oxygen atoms in total. The van der Waals surface area contributed by atoms with Gasteiger partial charge in [0.2, 0.25) is 0 Å². The Morgan fingerprint density at radius 3 is 2.80 bits per heavy atom. The van der Waals surface area contributed by atoms with Crippen molar-refractivity contribution >= 4 is 11.6 Å². The second-order valence-corrected chi connectivity index (χ2v) is 5.23. The van der Waals surface area contributed by atoms with E-state index in [1.54, 1.807) is 0 Å². The maximum atomic E-state index is 6.20. The van der Waals surface area contributed by atoms with Gasteiger partial charge in [0, 0.05) is 30.9 Å². The highest BCUT2D eigenvalue weighted by Gasteiger charge is 2.43. The van der Waals surface area contributed by atoms with E-state index in [1.165, 1.54) is 12.1 Å². The van der Waals surface area contributed by atoms with Crippen molar-refractivity contribution in [2.45, 2.75) is 24.8 Å². The molecule has 0 amide bonds. The summed E-state index contributed by atoms with van der Waals surface area (Å²) in [4.78, 5) is 6.76. The first-order valence-electron chi connectivity index (χ1n) is 5.55. The summed E-state index contributed by atoms with van der Waals surface area (Å²) in [5.41, 5.74) is 2.76. The number of aromatic nitrogens is 1. The van der Waals surface area contributed by atoms with E-state index in [-0.39, 0.29) is 5.50 Å². The summed E-state index contributed by atoms with van der Waals surface area (Å²) in [6, 6.07) is 4.33. The lowest BCUT2D eigenvalue weighted by Gasteiger charge is -2.25. The van der Waals surface area contributed by atoms with E-state index in [4.69, 9.17) is 11.6 Å². The summed E-state index contributed by atoms with van der Waals surface area (Å²) in [7, 11) is 0. The van der Waals surface area contributed by atoms with Crippen molar-refractivity contribution in [3.05, 3.63) is 29.6 Å². The Bertz CT molecular complexity index is 360. The van der Waals surface area contributed by atoms with Crippen molar-refractivity contribution in [2.24, 2.45) is 5.92 Å². The molecule has 80 valence electrons. The quantitative estimate of drug-likeness (QED) is 0.536. The molecule has 2 aliphatic heterocycles. The first kappa shape index (κ1) is 9.61. The molecule has 0 N–H and O–H groups in total. The van der Waals surface area contributed by atoms with Crippen molar-refractivity contribution in [3.8, 4) is 0 Å². The minimum absolute atomic E-state index is 0.282. The van der Waals surface area contributed by atoms with Gasteiger partial charge in [-0.3, -0.25) is 9.88 Å². The molecule has 0 saturated carbocycles. The molecule has 2 saturated heterocycles. The number of fused-ring (bicyclic) bond motifs is 2. The van der Waals surface area contributed by atoms with Gasteiger partial charge in [-0.15, -0.1) is 11.6 Å². The average Bonchev–Trinajstić information content (AvgIpc) is 2.77. The van der Waals surface area contributed by atoms with Gasteiger partial charge in [0.25, 0.3) is 0 Å². The van der Waals surface area contributed by atoms with Gasteiger partial charge in [0.1, 0.15) is 0 Å². The van der Waals surface area contributed by atoms with Crippen LogP contribution >= 0.6 is 11.6 Å². The Morgan fingerprint density at radius 2 is 2.27 bits per heavy atom. The van der Waals surface area contributed by atoms with Crippen LogP contribution in [0.25, 0.3) is 0 Å². The molecule has 3 heteroatoms. The molecule has 1 aromatic heterocycles. The standard InChI is InChI=1S/C12H15ClN2/c1-8-2-3-9(5-14-8)11-7-15-6-10(11)4-12(15)13/h2-3,5,10-12H,4,6-7H2,1H3/t10-,11-,12+/m0/s1. The van der Waals surface area contributed by atoms with Gasteiger partial charge in [-0.2, -0.15) is 0 Å². The first-order valence-corrected chi connectivity index (χ1v) is 5.98. The minimum Gasteiger partial charge on any atom is -0.287 e. The Kier molecular flexibility index (Phi) is 2.22. The largest absolute Gasteiger partial charge is 0.287 e. The molecule has 2 fully saturated rings. The highest BCUT2D eigenvalue weighted by Crippen LogP contribution is 2.43. The van der Waals surface area contributed by atoms with Crippen molar-refractivity contribution in [3.63, 3.8) is 0 Å². The van der Waals surface area contributed by atoms with E-state index in [2.05, 4.69) is 22.0 Å². The zero-order chi connectivity index (χ0) is 10.4. The molecular weight excluding hydrogens is 208 g/mol. The maximum Gasteiger partial charge on any atom is 0.0854 e. The number of pyridine rings is 1. The number of alkyl halides is 1. The normalized spacial score (nSPS) is 38.5. The van der Waals surface area contributed by atoms with Gasteiger partial charge in [-0.1, -0.05) is 6.07 Å². The van der Waals surface area contributed by atoms with Crippen LogP contribution in [0.5, 0.6) is 0 Å². The van der Waals surface area contributed by atoms with Gasteiger partial charge >= 0.3 is 0 Å². The van der Waals surface area contributed by atoms with E-state index in [1.807, 2.05) is 13.1 Å². The Hall–Kier alpha value is -0.600. The number of nitrogens with zero attached hydrogens (tertiary/aromatic N) is 2. The topological polar surface area (TPSA) is 16.1 Å². The summed E-state index contributed by atoms with van der Waals surface area (Å²) < 4.78 is 0. The van der Waals surface area contributed by atoms with Crippen LogP contribution in [0.4, 0.5) is 0 Å². The zero-order valence-electron chi connectivity index (χ0n) is 8.86. The minimum atomic E-state index is 0.282. The molecule has 4 atom stereocenters. The average molecular weight is 223 g/mol. The lowest BCUT2D eigenvalue weighted by atomic mass is 9.87. The molecule has 15 heavy (non-hydrogen) atoms. The highest BCUT2D eigenvalue weighted by molar-refractivity contribution is 6.20. The smallest absolute Gasteiger partial charge is 0.0854 e. The third kappa shape index (κ3) is 1.56. The van der Waals surface area contributed by atoms with Gasteiger partial charge in [-0.25, -0.2) is 0 Å². The summed E-state index contributed by atoms with van der Waals surface area (Å²) >= 11 is 6.20. The SMILES string of the molecule is Cc1ccc([C@@H]2CN3C[C@@H]2C[C@@H]3Cl)cn1. The molecule has 2 bridgehead atoms. The fraction of sp³-hybridized carbons (Fsp3) is 0.583. The van der Waals surface area contributed by atoms with Crippen LogP contribution in [0.1, 0.15) is 23.6 Å². The van der Waals surface area contributed by atoms with Crippen LogP contribution in [0.2, 0.25) is 0 Å². The second-order valence-electron chi connectivity index (χ2n) is 4.72. The number of hydrogen-bond donors (Lipinski definition) is 0. The highest BCUT2D eigenvalue weighted by atomic mass is 35.5. The summed E-state index contributed by atoms with van der Waals surface area (Å²) in [5, 5.41) is 0. The van der Waals surface area contributed by atoms with E-state index >= 15 is 0 Å². The molecule has 1 unspecified atom stereocenters. The lowest BCUT2D eigenvalue weighted by Crippen LogP contribution is -2.28. The van der Waals surface area contributed by atoms with Crippen LogP contribution in [-0.4, -0.2) is 28.5 Å². The summed E-state index contributed by atoms with van der Waals surface area (Å²) in [6.07, 6.45) is 3.17. The third-order valence-electron chi connectivity index (χ3n) is 3.73. The number of hydrogen-bond acceptors (Lipinski definition) is 2. The lowest BCUT2D eigenvalue weighted by molar-refractivity contribution is 0.314. The molecule has 1 aromatic rings. The predicted octanol–water partition coefficient (Wildman–Crippen LogP) is 2.37. The number of piperidine rings is 1. The van der Waals surface area contributed by atoms with Crippen molar-refractivity contribution in [1.82, 2.24) is 9.88 Å². The van der Waals surface area contributed by atoms with E-state index in [9.17, 15) is 0 Å². The monoisotopic (exact) mass is 222 g/mol. The Balaban J connectivity index is 1.83. The van der Waals surface area contributed by atoms with Crippen LogP contribution in [0, 0.1) is 12.8 Å². The number of aryl methyl sites for hydroxylation is 1. The fourth-order valence-corrected chi connectivity index (χ4v) is 3.24. The van der Waals surface area contributed by atoms with Gasteiger partial charge < -0.3 is 0 Å². The zero-order valence-corrected chi connectivity index (χ0v) is 9.61. The van der Waals surface area contributed by atoms with Crippen molar-refractivity contribution in [2.75, 3.05) is 13.1 Å². The van der Waals surface area contributed by atoms with Crippen LogP contribution in [0.3, 0.4) is 0 Å². The summed E-state index contributed by atoms with van der Waals surface area (Å²) in [6.45, 7) is 4.32. The molecular formula is C12H15ClN2. The fourth-order valence-electron chi connectivity index (χ4n) is 2.85. The van der Waals surface area contributed by atoms with E-state index in [0.717, 1.165) is 24.6 Å². The van der Waals surface area contributed by atoms with Crippen molar-refractivity contribution in [1.29, 1.82) is 0 Å². The van der Waals surface area contributed by atoms with Crippen LogP contribution in [-0.2, 0) is 0 Å². The maximum absolute atomic E-state index is 6.20. The number of halogens is 1. The number of rotatable bonds is 1. The molecule has 0 aromatic carbocycles. The molecule has 0 aliphatic carbocycles. The first-order chi connectivity index (χ1) is 7.24. The molecule has 3 rings (SSSR count). The predicted molar refractivity (Wildman–Crippen MR) is 61.0 cm³/mol. The van der Waals surface area contributed by atoms with Gasteiger partial charge in [0.15, 0.2) is 0 Å². The molecule has 2 aliphatic rings. The third-order valence-corrected chi connectivity index (χ3v) is 4.18. The van der Waals surface area contributed by atoms with Crippen LogP contribution < -0.4 is 0 Å². The Labute approximate surface area is 95.3 Å². The second kappa shape index (κ2) is 3.46. The van der Waals surface area contributed by atoms with Crippen LogP contribution in [0.15, 0.2) is 18.3 Å². The molecule has 3 heterocycles. The van der Waals surface area contributed by atoms with Gasteiger partial charge in [0.05, 0.1) is 5.50 Å². The molecule has 0 radical (unpaired) electrons. The Morgan fingerprint density at radius 1 is 1.40 bits per heavy atom. The van der Waals surface area contributed by atoms with Crippen molar-refractivity contribution < 1.29 is 0 Å². The molecule has 0 spiro atoms. The van der Waals surface area contributed by atoms with E-state index in [0.29, 0.717) is 5.92 Å². The van der Waals surface area contributed by atoms with Gasteiger partial charge in [-0.05, 0) is 30.9 Å². The summed E-state index contributed by atoms with van der Waals surface area (Å²) in [5.74, 6) is 1.41.